The van der Waals surface area contributed by atoms with Crippen molar-refractivity contribution in [2.45, 2.75) is 38.3 Å². The second-order valence-electron chi connectivity index (χ2n) is 8.23. The first-order valence-corrected chi connectivity index (χ1v) is 10.0. The Bertz CT molecular complexity index is 623. The molecule has 0 amide bonds. The average molecular weight is 361 g/mol. The first-order valence-electron chi connectivity index (χ1n) is 10.0. The predicted octanol–water partition coefficient (Wildman–Crippen LogP) is 0.471. The molecular formula is C19H32N6O. The molecule has 0 bridgehead atoms. The van der Waals surface area contributed by atoms with Crippen LogP contribution in [0, 0.1) is 5.92 Å². The summed E-state index contributed by atoms with van der Waals surface area (Å²) in [6.07, 6.45) is 3.78. The van der Waals surface area contributed by atoms with Crippen LogP contribution < -0.4 is 15.1 Å². The molecule has 3 aliphatic rings. The first-order chi connectivity index (χ1) is 12.6. The number of aromatic nitrogens is 2. The van der Waals surface area contributed by atoms with Crippen LogP contribution in [-0.2, 0) is 13.0 Å². The number of aliphatic hydroxyl groups is 1. The molecule has 7 nitrogen and oxygen atoms in total. The summed E-state index contributed by atoms with van der Waals surface area (Å²) in [5.41, 5.74) is 2.52. The normalized spacial score (nSPS) is 24.7. The van der Waals surface area contributed by atoms with Crippen LogP contribution in [0.15, 0.2) is 0 Å². The monoisotopic (exact) mass is 360 g/mol. The zero-order valence-electron chi connectivity index (χ0n) is 16.1. The predicted molar refractivity (Wildman–Crippen MR) is 104 cm³/mol. The summed E-state index contributed by atoms with van der Waals surface area (Å²) in [7, 11) is 4.02. The van der Waals surface area contributed by atoms with E-state index in [9.17, 15) is 5.11 Å². The second kappa shape index (κ2) is 7.66. The Morgan fingerprint density at radius 2 is 1.96 bits per heavy atom. The highest BCUT2D eigenvalue weighted by Gasteiger charge is 2.29. The van der Waals surface area contributed by atoms with Crippen molar-refractivity contribution in [3.8, 4) is 0 Å². The third-order valence-corrected chi connectivity index (χ3v) is 5.95. The van der Waals surface area contributed by atoms with Gasteiger partial charge in [0.2, 0.25) is 5.95 Å². The van der Waals surface area contributed by atoms with Crippen LogP contribution in [0.4, 0.5) is 11.8 Å². The van der Waals surface area contributed by atoms with Crippen molar-refractivity contribution in [3.05, 3.63) is 11.3 Å². The van der Waals surface area contributed by atoms with Crippen molar-refractivity contribution >= 4 is 11.8 Å². The Labute approximate surface area is 156 Å². The van der Waals surface area contributed by atoms with Gasteiger partial charge in [-0.05, 0) is 38.3 Å². The maximum atomic E-state index is 9.87. The minimum Gasteiger partial charge on any atom is -0.393 e. The van der Waals surface area contributed by atoms with Crippen molar-refractivity contribution < 1.29 is 5.11 Å². The van der Waals surface area contributed by atoms with Crippen LogP contribution in [0.5, 0.6) is 0 Å². The number of rotatable bonds is 4. The van der Waals surface area contributed by atoms with Crippen molar-refractivity contribution in [2.24, 2.45) is 5.92 Å². The molecule has 4 rings (SSSR count). The van der Waals surface area contributed by atoms with E-state index in [0.717, 1.165) is 76.2 Å². The third kappa shape index (κ3) is 3.80. The van der Waals surface area contributed by atoms with E-state index in [1.165, 1.54) is 24.2 Å². The third-order valence-electron chi connectivity index (χ3n) is 5.95. The van der Waals surface area contributed by atoms with E-state index >= 15 is 0 Å². The van der Waals surface area contributed by atoms with E-state index in [2.05, 4.69) is 15.1 Å². The molecule has 1 atom stereocenters. The Hall–Kier alpha value is -1.44. The number of anilines is 2. The fourth-order valence-electron chi connectivity index (χ4n) is 4.37. The molecule has 0 saturated carbocycles. The molecule has 7 heteroatoms. The fraction of sp³-hybridized carbons (Fsp3) is 0.789. The lowest BCUT2D eigenvalue weighted by Crippen LogP contribution is -2.40. The SMILES string of the molecule is CN(C)c1nc2c(c(N3CCC(O)CC3)n1)CN(CC1CCNC1)CC2. The lowest BCUT2D eigenvalue weighted by atomic mass is 10.0. The minimum absolute atomic E-state index is 0.163. The Morgan fingerprint density at radius 3 is 2.65 bits per heavy atom. The van der Waals surface area contributed by atoms with Gasteiger partial charge in [-0.25, -0.2) is 4.98 Å². The Morgan fingerprint density at radius 1 is 1.15 bits per heavy atom. The smallest absolute Gasteiger partial charge is 0.227 e. The summed E-state index contributed by atoms with van der Waals surface area (Å²) in [6, 6.07) is 0. The van der Waals surface area contributed by atoms with Gasteiger partial charge < -0.3 is 20.2 Å². The molecule has 1 unspecified atom stereocenters. The lowest BCUT2D eigenvalue weighted by molar-refractivity contribution is 0.145. The summed E-state index contributed by atoms with van der Waals surface area (Å²) in [5.74, 6) is 2.67. The number of hydrogen-bond acceptors (Lipinski definition) is 7. The van der Waals surface area contributed by atoms with Crippen LogP contribution in [0.3, 0.4) is 0 Å². The van der Waals surface area contributed by atoms with Gasteiger partial charge in [0.15, 0.2) is 0 Å². The molecule has 0 spiro atoms. The van der Waals surface area contributed by atoms with E-state index in [4.69, 9.17) is 9.97 Å². The zero-order chi connectivity index (χ0) is 18.1. The van der Waals surface area contributed by atoms with Gasteiger partial charge in [0.1, 0.15) is 5.82 Å². The molecule has 26 heavy (non-hydrogen) atoms. The number of nitrogens with one attached hydrogen (secondary N) is 1. The highest BCUT2D eigenvalue weighted by molar-refractivity contribution is 5.54. The minimum atomic E-state index is -0.163. The summed E-state index contributed by atoms with van der Waals surface area (Å²) >= 11 is 0. The van der Waals surface area contributed by atoms with Crippen molar-refractivity contribution in [1.29, 1.82) is 0 Å². The van der Waals surface area contributed by atoms with E-state index in [1.54, 1.807) is 0 Å². The molecule has 1 aromatic heterocycles. The first kappa shape index (κ1) is 17.9. The van der Waals surface area contributed by atoms with Crippen molar-refractivity contribution in [1.82, 2.24) is 20.2 Å². The number of aliphatic hydroxyl groups excluding tert-OH is 1. The zero-order valence-corrected chi connectivity index (χ0v) is 16.1. The number of piperidine rings is 1. The van der Waals surface area contributed by atoms with E-state index in [-0.39, 0.29) is 6.10 Å². The molecule has 2 saturated heterocycles. The van der Waals surface area contributed by atoms with Crippen LogP contribution in [0.2, 0.25) is 0 Å². The standard InChI is InChI=1S/C19H32N6O/c1-23(2)19-21-17-6-8-24(12-14-3-7-20-11-14)13-16(17)18(22-19)25-9-4-15(26)5-10-25/h14-15,20,26H,3-13H2,1-2H3. The van der Waals surface area contributed by atoms with Crippen LogP contribution in [0.1, 0.15) is 30.5 Å². The Balaban J connectivity index is 1.58. The van der Waals surface area contributed by atoms with Crippen LogP contribution in [-0.4, -0.2) is 79.4 Å². The van der Waals surface area contributed by atoms with Crippen molar-refractivity contribution in [3.63, 3.8) is 0 Å². The van der Waals surface area contributed by atoms with Gasteiger partial charge in [0, 0.05) is 58.8 Å². The maximum absolute atomic E-state index is 9.87. The van der Waals surface area contributed by atoms with Gasteiger partial charge in [0.05, 0.1) is 11.8 Å². The Kier molecular flexibility index (Phi) is 5.29. The van der Waals surface area contributed by atoms with Crippen LogP contribution >= 0.6 is 0 Å². The van der Waals surface area contributed by atoms with Gasteiger partial charge in [-0.3, -0.25) is 4.90 Å². The molecule has 1 aromatic rings. The number of fused-ring (bicyclic) bond motifs is 1. The van der Waals surface area contributed by atoms with E-state index in [0.29, 0.717) is 0 Å². The largest absolute Gasteiger partial charge is 0.393 e. The van der Waals surface area contributed by atoms with Gasteiger partial charge in [-0.2, -0.15) is 4.98 Å². The second-order valence-corrected chi connectivity index (χ2v) is 8.23. The highest BCUT2D eigenvalue weighted by Crippen LogP contribution is 2.31. The molecule has 3 aliphatic heterocycles. The van der Waals surface area contributed by atoms with Gasteiger partial charge in [0.25, 0.3) is 0 Å². The van der Waals surface area contributed by atoms with Crippen molar-refractivity contribution in [2.75, 3.05) is 63.2 Å². The number of nitrogens with zero attached hydrogens (tertiary/aromatic N) is 5. The summed E-state index contributed by atoms with van der Waals surface area (Å²) < 4.78 is 0. The summed E-state index contributed by atoms with van der Waals surface area (Å²) in [6.45, 7) is 7.27. The van der Waals surface area contributed by atoms with E-state index < -0.39 is 0 Å². The highest BCUT2D eigenvalue weighted by atomic mass is 16.3. The molecular weight excluding hydrogens is 328 g/mol. The van der Waals surface area contributed by atoms with Gasteiger partial charge in [-0.15, -0.1) is 0 Å². The molecule has 0 aliphatic carbocycles. The topological polar surface area (TPSA) is 67.8 Å². The number of hydrogen-bond donors (Lipinski definition) is 2. The maximum Gasteiger partial charge on any atom is 0.227 e. The van der Waals surface area contributed by atoms with Gasteiger partial charge >= 0.3 is 0 Å². The summed E-state index contributed by atoms with van der Waals surface area (Å²) in [4.78, 5) is 16.7. The lowest BCUT2D eigenvalue weighted by Gasteiger charge is -2.36. The average Bonchev–Trinajstić information content (AvgIpc) is 3.14. The van der Waals surface area contributed by atoms with Gasteiger partial charge in [-0.1, -0.05) is 0 Å². The molecule has 4 heterocycles. The van der Waals surface area contributed by atoms with E-state index in [1.807, 2.05) is 19.0 Å². The van der Waals surface area contributed by atoms with Crippen LogP contribution in [0.25, 0.3) is 0 Å². The molecule has 2 N–H and O–H groups in total. The summed E-state index contributed by atoms with van der Waals surface area (Å²) in [5, 5.41) is 13.4. The fourth-order valence-corrected chi connectivity index (χ4v) is 4.37. The molecule has 0 aromatic carbocycles. The molecule has 144 valence electrons. The quantitative estimate of drug-likeness (QED) is 0.809. The molecule has 2 fully saturated rings. The molecule has 0 radical (unpaired) electrons.